The average molecular weight is 301 g/mol. The van der Waals surface area contributed by atoms with Crippen molar-refractivity contribution in [1.82, 2.24) is 9.97 Å². The Bertz CT molecular complexity index is 661. The summed E-state index contributed by atoms with van der Waals surface area (Å²) < 4.78 is 13.1. The first-order chi connectivity index (χ1) is 10.2. The van der Waals surface area contributed by atoms with Crippen LogP contribution in [-0.2, 0) is 0 Å². The van der Waals surface area contributed by atoms with Crippen LogP contribution in [0.4, 0.5) is 10.2 Å². The highest BCUT2D eigenvalue weighted by atomic mass is 32.1. The first-order valence-electron chi connectivity index (χ1n) is 7.00. The number of rotatable bonds is 1. The van der Waals surface area contributed by atoms with Crippen LogP contribution in [-0.4, -0.2) is 29.2 Å². The monoisotopic (exact) mass is 301 g/mol. The predicted molar refractivity (Wildman–Crippen MR) is 83.4 cm³/mol. The second-order valence-corrected chi connectivity index (χ2v) is 6.13. The van der Waals surface area contributed by atoms with Crippen LogP contribution in [0.2, 0.25) is 0 Å². The van der Waals surface area contributed by atoms with Gasteiger partial charge in [0.15, 0.2) is 0 Å². The van der Waals surface area contributed by atoms with Crippen molar-refractivity contribution in [2.75, 3.05) is 18.0 Å². The van der Waals surface area contributed by atoms with Crippen molar-refractivity contribution in [2.45, 2.75) is 25.9 Å². The van der Waals surface area contributed by atoms with Crippen molar-refractivity contribution in [1.29, 1.82) is 0 Å². The standard InChI is InChI=1S/C16H16FN3S/c1-12-19-15(11-21-12)4-2-13-3-5-16(18-10-13)20-8-6-14(17)7-9-20/h3,5,10-11,14H,6-9H2,1H3. The third kappa shape index (κ3) is 3.59. The van der Waals surface area contributed by atoms with Gasteiger partial charge in [-0.1, -0.05) is 5.92 Å². The summed E-state index contributed by atoms with van der Waals surface area (Å²) in [6, 6.07) is 3.91. The molecule has 2 aromatic heterocycles. The first-order valence-corrected chi connectivity index (χ1v) is 7.88. The summed E-state index contributed by atoms with van der Waals surface area (Å²) in [5, 5.41) is 2.97. The number of anilines is 1. The topological polar surface area (TPSA) is 29.0 Å². The van der Waals surface area contributed by atoms with Crippen molar-refractivity contribution in [2.24, 2.45) is 0 Å². The third-order valence-corrected chi connectivity index (χ3v) is 4.22. The number of pyridine rings is 1. The van der Waals surface area contributed by atoms with Gasteiger partial charge in [0.2, 0.25) is 0 Å². The Morgan fingerprint density at radius 2 is 2.10 bits per heavy atom. The van der Waals surface area contributed by atoms with E-state index >= 15 is 0 Å². The SMILES string of the molecule is Cc1nc(C#Cc2ccc(N3CCC(F)CC3)nc2)cs1. The molecule has 21 heavy (non-hydrogen) atoms. The fourth-order valence-corrected chi connectivity index (χ4v) is 2.83. The lowest BCUT2D eigenvalue weighted by Gasteiger charge is -2.29. The summed E-state index contributed by atoms with van der Waals surface area (Å²) in [6.07, 6.45) is 2.29. The van der Waals surface area contributed by atoms with Gasteiger partial charge < -0.3 is 4.90 Å². The molecule has 2 aromatic rings. The second kappa shape index (κ2) is 6.23. The molecule has 0 bridgehead atoms. The predicted octanol–water partition coefficient (Wildman–Crippen LogP) is 3.18. The van der Waals surface area contributed by atoms with Crippen molar-refractivity contribution in [3.63, 3.8) is 0 Å². The summed E-state index contributed by atoms with van der Waals surface area (Å²) in [5.74, 6) is 7.00. The molecule has 108 valence electrons. The van der Waals surface area contributed by atoms with E-state index in [2.05, 4.69) is 26.7 Å². The number of hydrogen-bond acceptors (Lipinski definition) is 4. The molecular formula is C16H16FN3S. The summed E-state index contributed by atoms with van der Waals surface area (Å²) in [5.41, 5.74) is 1.66. The van der Waals surface area contributed by atoms with E-state index in [1.54, 1.807) is 17.5 Å². The maximum absolute atomic E-state index is 13.1. The third-order valence-electron chi connectivity index (χ3n) is 3.45. The minimum atomic E-state index is -0.659. The smallest absolute Gasteiger partial charge is 0.128 e. The lowest BCUT2D eigenvalue weighted by molar-refractivity contribution is 0.276. The molecule has 5 heteroatoms. The van der Waals surface area contributed by atoms with Crippen molar-refractivity contribution in [3.8, 4) is 11.8 Å². The number of nitrogens with zero attached hydrogens (tertiary/aromatic N) is 3. The van der Waals surface area contributed by atoms with Crippen LogP contribution < -0.4 is 4.90 Å². The van der Waals surface area contributed by atoms with Crippen molar-refractivity contribution >= 4 is 17.2 Å². The molecule has 0 radical (unpaired) electrons. The summed E-state index contributed by atoms with van der Waals surface area (Å²) in [6.45, 7) is 3.43. The van der Waals surface area contributed by atoms with E-state index in [9.17, 15) is 4.39 Å². The molecule has 1 saturated heterocycles. The lowest BCUT2D eigenvalue weighted by atomic mass is 10.1. The Balaban J connectivity index is 1.68. The Hall–Kier alpha value is -1.93. The highest BCUT2D eigenvalue weighted by Gasteiger charge is 2.18. The summed E-state index contributed by atoms with van der Waals surface area (Å²) in [4.78, 5) is 10.9. The number of piperidine rings is 1. The minimum Gasteiger partial charge on any atom is -0.356 e. The number of thiazole rings is 1. The van der Waals surface area contributed by atoms with E-state index in [1.807, 2.05) is 24.4 Å². The van der Waals surface area contributed by atoms with Crippen LogP contribution in [0.5, 0.6) is 0 Å². The Labute approximate surface area is 127 Å². The molecule has 0 unspecified atom stereocenters. The van der Waals surface area contributed by atoms with E-state index in [0.29, 0.717) is 12.8 Å². The number of halogens is 1. The maximum atomic E-state index is 13.1. The van der Waals surface area contributed by atoms with Gasteiger partial charge in [-0.2, -0.15) is 0 Å². The summed E-state index contributed by atoms with van der Waals surface area (Å²) >= 11 is 1.59. The molecule has 1 fully saturated rings. The maximum Gasteiger partial charge on any atom is 0.128 e. The largest absolute Gasteiger partial charge is 0.356 e. The van der Waals surface area contributed by atoms with E-state index in [4.69, 9.17) is 0 Å². The molecule has 0 atom stereocenters. The molecule has 0 N–H and O–H groups in total. The molecule has 0 aromatic carbocycles. The van der Waals surface area contributed by atoms with Crippen LogP contribution in [0.1, 0.15) is 29.1 Å². The molecule has 3 nitrogen and oxygen atoms in total. The molecule has 0 aliphatic carbocycles. The van der Waals surface area contributed by atoms with Gasteiger partial charge in [0.25, 0.3) is 0 Å². The highest BCUT2D eigenvalue weighted by molar-refractivity contribution is 7.09. The average Bonchev–Trinajstić information content (AvgIpc) is 2.92. The molecular weight excluding hydrogens is 285 g/mol. The molecule has 3 heterocycles. The van der Waals surface area contributed by atoms with Gasteiger partial charge in [-0.05, 0) is 37.8 Å². The van der Waals surface area contributed by atoms with Crippen molar-refractivity contribution < 1.29 is 4.39 Å². The van der Waals surface area contributed by atoms with E-state index in [0.717, 1.165) is 35.2 Å². The molecule has 0 spiro atoms. The number of hydrogen-bond donors (Lipinski definition) is 0. The van der Waals surface area contributed by atoms with Crippen molar-refractivity contribution in [3.05, 3.63) is 40.0 Å². The van der Waals surface area contributed by atoms with E-state index in [1.165, 1.54) is 0 Å². The zero-order valence-corrected chi connectivity index (χ0v) is 12.7. The van der Waals surface area contributed by atoms with Gasteiger partial charge >= 0.3 is 0 Å². The van der Waals surface area contributed by atoms with Gasteiger partial charge in [-0.3, -0.25) is 0 Å². The van der Waals surface area contributed by atoms with E-state index in [-0.39, 0.29) is 0 Å². The van der Waals surface area contributed by atoms with Gasteiger partial charge in [-0.15, -0.1) is 11.3 Å². The van der Waals surface area contributed by atoms with Gasteiger partial charge in [0.05, 0.1) is 5.01 Å². The Morgan fingerprint density at radius 1 is 1.29 bits per heavy atom. The minimum absolute atomic E-state index is 0.590. The molecule has 3 rings (SSSR count). The normalized spacial score (nSPS) is 15.6. The second-order valence-electron chi connectivity index (χ2n) is 5.07. The number of aromatic nitrogens is 2. The Kier molecular flexibility index (Phi) is 4.16. The van der Waals surface area contributed by atoms with Gasteiger partial charge in [0, 0.05) is 30.2 Å². The molecule has 1 aliphatic heterocycles. The van der Waals surface area contributed by atoms with Crippen LogP contribution in [0.25, 0.3) is 0 Å². The quantitative estimate of drug-likeness (QED) is 0.758. The number of aryl methyl sites for hydroxylation is 1. The fourth-order valence-electron chi connectivity index (χ4n) is 2.28. The Morgan fingerprint density at radius 3 is 2.71 bits per heavy atom. The lowest BCUT2D eigenvalue weighted by Crippen LogP contribution is -2.34. The van der Waals surface area contributed by atoms with Gasteiger partial charge in [-0.25, -0.2) is 14.4 Å². The fraction of sp³-hybridized carbons (Fsp3) is 0.375. The van der Waals surface area contributed by atoms with Crippen LogP contribution in [0.3, 0.4) is 0 Å². The number of alkyl halides is 1. The highest BCUT2D eigenvalue weighted by Crippen LogP contribution is 2.19. The van der Waals surface area contributed by atoms with Crippen LogP contribution >= 0.6 is 11.3 Å². The zero-order valence-electron chi connectivity index (χ0n) is 11.8. The molecule has 0 amide bonds. The zero-order chi connectivity index (χ0) is 14.7. The van der Waals surface area contributed by atoms with Crippen LogP contribution in [0.15, 0.2) is 23.7 Å². The first kappa shape index (κ1) is 14.0. The van der Waals surface area contributed by atoms with E-state index < -0.39 is 6.17 Å². The van der Waals surface area contributed by atoms with Gasteiger partial charge in [0.1, 0.15) is 17.7 Å². The van der Waals surface area contributed by atoms with Crippen LogP contribution in [0, 0.1) is 18.8 Å². The molecule has 0 saturated carbocycles. The molecule has 1 aliphatic rings. The summed E-state index contributed by atoms with van der Waals surface area (Å²) in [7, 11) is 0.